The fourth-order valence-electron chi connectivity index (χ4n) is 10.9. The van der Waals surface area contributed by atoms with Gasteiger partial charge in [-0.25, -0.2) is 0 Å². The van der Waals surface area contributed by atoms with E-state index >= 15 is 0 Å². The Morgan fingerprint density at radius 3 is 1.50 bits per heavy atom. The number of rotatable bonds is 43. The van der Waals surface area contributed by atoms with Gasteiger partial charge in [0, 0.05) is 26.3 Å². The fraction of sp³-hybridized carbons (Fsp3) is 0.443. The van der Waals surface area contributed by atoms with E-state index in [4.69, 9.17) is 22.6 Å². The van der Waals surface area contributed by atoms with Gasteiger partial charge in [0.05, 0.1) is 6.61 Å². The molecule has 0 unspecified atom stereocenters. The Balaban J connectivity index is 1.34. The van der Waals surface area contributed by atoms with Crippen LogP contribution < -0.4 is 85.5 Å². The molecule has 4 aromatic rings. The number of hydrogen-bond acceptors (Lipinski definition) is 19. The van der Waals surface area contributed by atoms with Gasteiger partial charge in [-0.15, -0.1) is 0 Å². The summed E-state index contributed by atoms with van der Waals surface area (Å²) in [5.41, 5.74) is 17.8. The molecule has 23 N–H and O–H groups in total. The Morgan fingerprint density at radius 2 is 0.981 bits per heavy atom. The van der Waals surface area contributed by atoms with Gasteiger partial charge >= 0.3 is 319 Å². The van der Waals surface area contributed by atoms with E-state index in [1.54, 1.807) is 30.3 Å². The first kappa shape index (κ1) is 86.9. The zero-order valence-electron chi connectivity index (χ0n) is 59.4. The molecule has 1 heterocycles. The number of amides is 14. The number of hydrogen-bond donors (Lipinski definition) is 20. The van der Waals surface area contributed by atoms with Crippen LogP contribution in [0.15, 0.2) is 109 Å². The third-order valence-corrected chi connectivity index (χ3v) is 23.5. The van der Waals surface area contributed by atoms with Crippen LogP contribution >= 0.6 is 0 Å². The Kier molecular flexibility index (Phi) is 36.0. The molecule has 37 heteroatoms. The van der Waals surface area contributed by atoms with Crippen LogP contribution in [0.3, 0.4) is 0 Å². The van der Waals surface area contributed by atoms with E-state index in [1.807, 2.05) is 44.2 Å². The van der Waals surface area contributed by atoms with Crippen molar-refractivity contribution >= 4 is 119 Å². The zero-order valence-corrected chi connectivity index (χ0v) is 62.9. The van der Waals surface area contributed by atoms with E-state index < -0.39 is 194 Å². The minimum atomic E-state index is -1.83. The number of carbonyl (C=O) groups is 14. The summed E-state index contributed by atoms with van der Waals surface area (Å²) >= 11 is -0.652. The number of aromatic hydroxyl groups is 2. The molecule has 0 aromatic heterocycles. The van der Waals surface area contributed by atoms with Crippen LogP contribution in [-0.4, -0.2) is 240 Å². The van der Waals surface area contributed by atoms with Crippen molar-refractivity contribution in [3.05, 3.63) is 126 Å². The van der Waals surface area contributed by atoms with Gasteiger partial charge in [-0.05, 0) is 60.6 Å². The second-order valence-corrected chi connectivity index (χ2v) is 32.5. The van der Waals surface area contributed by atoms with Gasteiger partial charge in [-0.1, -0.05) is 38.1 Å². The summed E-state index contributed by atoms with van der Waals surface area (Å²) in [5.74, 6) is -13.5. The number of aliphatic hydroxyl groups is 2. The molecule has 0 bridgehead atoms. The van der Waals surface area contributed by atoms with Crippen molar-refractivity contribution in [3.8, 4) is 11.5 Å². The van der Waals surface area contributed by atoms with Gasteiger partial charge in [0.15, 0.2) is 5.96 Å². The van der Waals surface area contributed by atoms with Crippen molar-refractivity contribution < 1.29 is 87.5 Å². The number of nitrogens with two attached hydrogens (primary N) is 3. The van der Waals surface area contributed by atoms with Crippen molar-refractivity contribution in [2.45, 2.75) is 157 Å². The molecule has 4 aromatic carbocycles. The second-order valence-electron chi connectivity index (χ2n) is 25.6. The number of carbonyl (C=O) groups excluding carboxylic acids is 14. The number of primary amides is 2. The molecule has 0 spiro atoms. The maximum atomic E-state index is 14.8. The number of guanidine groups is 1. The van der Waals surface area contributed by atoms with E-state index in [0.29, 0.717) is 16.7 Å². The van der Waals surface area contributed by atoms with Crippen molar-refractivity contribution in [2.75, 3.05) is 32.8 Å². The van der Waals surface area contributed by atoms with Crippen LogP contribution in [0, 0.1) is 11.3 Å². The number of nitrogens with zero attached hydrogens (tertiary/aromatic N) is 1. The van der Waals surface area contributed by atoms with Crippen LogP contribution in [0.1, 0.15) is 82.9 Å². The Labute approximate surface area is 628 Å². The van der Waals surface area contributed by atoms with E-state index in [9.17, 15) is 87.5 Å². The average molecular weight is 1620 g/mol. The minimum absolute atomic E-state index is 0.0151. The predicted octanol–water partition coefficient (Wildman–Crippen LogP) is -6.16. The normalized spacial score (nSPS) is 15.2. The molecule has 14 amide bonds. The monoisotopic (exact) mass is 1620 g/mol. The average Bonchev–Trinajstić information content (AvgIpc) is 1.74. The molecule has 1 aliphatic rings. The summed E-state index contributed by atoms with van der Waals surface area (Å²) in [4.78, 5) is 193. The smallest absolute Gasteiger partial charge is 0.508 e. The molecule has 580 valence electrons. The summed E-state index contributed by atoms with van der Waals surface area (Å²) in [6, 6.07) is 12.7. The number of likely N-dealkylation sites (tertiary alicyclic amines) is 1. The summed E-state index contributed by atoms with van der Waals surface area (Å²) in [7, 11) is 0. The minimum Gasteiger partial charge on any atom is -0.508 e. The Morgan fingerprint density at radius 1 is 0.523 bits per heavy atom. The standard InChI is InChI=1S/C70H95N17O18Se2/c1-38(2)29-48(78-40(4)90)62(98)82-51(32-43-21-25-45(92)26-22-43)64(100)80-47(17-11-27-75-70(73)74)61(97)77-39(3)60(96)81-52(33-57(71)93)66(102)83-50(30-41-13-7-5-8-14-41)65(101)86-55(37-106-107-46-15-9-6-10-16-46)67(103)85-54(36-89)69(105)87-28-12-18-56(87)68(104)76-34-58(94)79-49(31-42-19-23-44(91)24-20-42)63(99)84-53(35-88)59(72)95/h5-10,13-16,19-26,38-39,47-56,88-89,91-92H,11-12,17-18,27-37H2,1-4H3,(H2,71,93)(H2,72,95)(H,76,104)(H,77,97)(H,78,90)(H,79,94)(H,80,100)(H,81,96)(H,82,98)(H,83,102)(H,84,99)(H,85,103)(H,86,101)(H4,73,74,75)/t39-,47-,48-,49-,50-,51-,52-,53-,54-,55-,56-/m0/s1. The van der Waals surface area contributed by atoms with E-state index in [2.05, 4.69) is 63.8 Å². The summed E-state index contributed by atoms with van der Waals surface area (Å²) < 4.78 is 0.946. The van der Waals surface area contributed by atoms with Gasteiger partial charge in [0.1, 0.15) is 41.7 Å². The third-order valence-electron chi connectivity index (χ3n) is 16.4. The molecule has 1 aliphatic heterocycles. The number of nitrogens with one attached hydrogen (secondary N) is 13. The second kappa shape index (κ2) is 44.3. The van der Waals surface area contributed by atoms with Gasteiger partial charge in [-0.3, -0.25) is 39.0 Å². The number of aliphatic hydroxyl groups excluding tert-OH is 2. The molecule has 0 radical (unpaired) electrons. The van der Waals surface area contributed by atoms with Crippen molar-refractivity contribution in [1.29, 1.82) is 5.41 Å². The molecule has 1 saturated heterocycles. The first-order chi connectivity index (χ1) is 50.8. The third kappa shape index (κ3) is 30.4. The fourth-order valence-corrected chi connectivity index (χ4v) is 17.6. The molecule has 0 aliphatic carbocycles. The quantitative estimate of drug-likeness (QED) is 0.00849. The van der Waals surface area contributed by atoms with Gasteiger partial charge in [0.25, 0.3) is 0 Å². The van der Waals surface area contributed by atoms with Crippen molar-refractivity contribution in [2.24, 2.45) is 23.1 Å². The number of benzene rings is 4. The van der Waals surface area contributed by atoms with E-state index in [0.717, 1.165) is 9.36 Å². The van der Waals surface area contributed by atoms with E-state index in [-0.39, 0.29) is 100 Å². The summed E-state index contributed by atoms with van der Waals surface area (Å²) in [5, 5.41) is 78.0. The van der Waals surface area contributed by atoms with Crippen molar-refractivity contribution in [3.63, 3.8) is 0 Å². The SMILES string of the molecule is CC(=O)N[C@@H](CC(C)C)C(=O)N[C@@H](Cc1ccc(O)cc1)C(=O)N[C@@H](CCCNC(=N)N)C(=O)N[C@@H](C)C(=O)N[C@@H](CC(N)=O)C(=O)N[C@@H](Cc1ccccc1)C(=O)N[C@@H](C[Se][Se]c1ccccc1)C(=O)N[C@@H](CO)C(=O)N1CCC[C@H]1C(=O)NCC(=O)N[C@@H](Cc1ccc(O)cc1)C(=O)N[C@@H](CO)C(N)=O. The first-order valence-corrected chi connectivity index (χ1v) is 40.6. The summed E-state index contributed by atoms with van der Waals surface area (Å²) in [6.45, 7) is 3.53. The molecule has 107 heavy (non-hydrogen) atoms. The van der Waals surface area contributed by atoms with Crippen LogP contribution in [0.2, 0.25) is 5.32 Å². The molecule has 5 rings (SSSR count). The zero-order chi connectivity index (χ0) is 78.9. The van der Waals surface area contributed by atoms with Crippen LogP contribution in [0.5, 0.6) is 11.5 Å². The van der Waals surface area contributed by atoms with Crippen molar-refractivity contribution in [1.82, 2.24) is 68.7 Å². The molecule has 35 nitrogen and oxygen atoms in total. The van der Waals surface area contributed by atoms with E-state index in [1.165, 1.54) is 62.4 Å². The summed E-state index contributed by atoms with van der Waals surface area (Å²) in [6.07, 6.45) is -0.967. The maximum absolute atomic E-state index is 14.8. The molecular weight excluding hydrogens is 1520 g/mol. The molecule has 0 saturated carbocycles. The van der Waals surface area contributed by atoms with Crippen LogP contribution in [0.4, 0.5) is 0 Å². The van der Waals surface area contributed by atoms with Gasteiger partial charge < -0.3 is 58.7 Å². The Bertz CT molecular complexity index is 3740. The van der Waals surface area contributed by atoms with Gasteiger partial charge in [-0.2, -0.15) is 0 Å². The molecule has 11 atom stereocenters. The number of phenolic OH excluding ortho intramolecular Hbond substituents is 2. The predicted molar refractivity (Wildman–Crippen MR) is 390 cm³/mol. The Hall–Kier alpha value is -10.7. The van der Waals surface area contributed by atoms with Crippen LogP contribution in [0.25, 0.3) is 0 Å². The van der Waals surface area contributed by atoms with Gasteiger partial charge in [0.2, 0.25) is 35.4 Å². The number of phenols is 2. The molecule has 1 fully saturated rings. The van der Waals surface area contributed by atoms with Crippen LogP contribution in [-0.2, 0) is 86.4 Å². The molecular formula is C70H95N17O18Se2. The topological polar surface area (TPSA) is 569 Å². The first-order valence-electron chi connectivity index (χ1n) is 34.2.